The van der Waals surface area contributed by atoms with Crippen molar-refractivity contribution in [2.45, 2.75) is 0 Å². The highest BCUT2D eigenvalue weighted by Crippen LogP contribution is 2.32. The van der Waals surface area contributed by atoms with E-state index < -0.39 is 11.7 Å². The number of aromatic carboxylic acids is 1. The molecule has 22 heavy (non-hydrogen) atoms. The minimum atomic E-state index is -1.24. The Morgan fingerprint density at radius 1 is 1.18 bits per heavy atom. The van der Waals surface area contributed by atoms with Crippen molar-refractivity contribution in [2.75, 3.05) is 0 Å². The molecule has 1 aromatic heterocycles. The van der Waals surface area contributed by atoms with Gasteiger partial charge in [-0.3, -0.25) is 0 Å². The lowest BCUT2D eigenvalue weighted by atomic mass is 10.1. The van der Waals surface area contributed by atoms with E-state index in [0.717, 1.165) is 0 Å². The summed E-state index contributed by atoms with van der Waals surface area (Å²) in [6.45, 7) is 0. The number of aromatic nitrogens is 2. The first-order valence-electron chi connectivity index (χ1n) is 6.21. The van der Waals surface area contributed by atoms with Crippen LogP contribution in [0, 0.1) is 0 Å². The number of hydrogen-bond donors (Lipinski definition) is 2. The molecule has 0 spiro atoms. The highest BCUT2D eigenvalue weighted by Gasteiger charge is 2.18. The quantitative estimate of drug-likeness (QED) is 0.768. The second-order valence-electron chi connectivity index (χ2n) is 4.44. The van der Waals surface area contributed by atoms with Gasteiger partial charge in [0, 0.05) is 10.6 Å². The maximum Gasteiger partial charge on any atom is 0.339 e. The average molecular weight is 317 g/mol. The van der Waals surface area contributed by atoms with Crippen LogP contribution in [0.15, 0.2) is 47.0 Å². The zero-order valence-electron chi connectivity index (χ0n) is 11.0. The topological polar surface area (TPSA) is 96.5 Å². The van der Waals surface area contributed by atoms with E-state index in [-0.39, 0.29) is 22.8 Å². The van der Waals surface area contributed by atoms with Crippen LogP contribution in [0.4, 0.5) is 0 Å². The summed E-state index contributed by atoms with van der Waals surface area (Å²) < 4.78 is 5.14. The van der Waals surface area contributed by atoms with Crippen molar-refractivity contribution >= 4 is 17.6 Å². The molecule has 0 radical (unpaired) electrons. The summed E-state index contributed by atoms with van der Waals surface area (Å²) in [4.78, 5) is 15.2. The van der Waals surface area contributed by atoms with E-state index in [2.05, 4.69) is 10.1 Å². The number of halogens is 1. The Labute approximate surface area is 129 Å². The monoisotopic (exact) mass is 316 g/mol. The summed E-state index contributed by atoms with van der Waals surface area (Å²) in [5.74, 6) is -1.33. The van der Waals surface area contributed by atoms with Gasteiger partial charge in [0.1, 0.15) is 11.3 Å². The molecule has 0 saturated heterocycles. The van der Waals surface area contributed by atoms with Crippen LogP contribution in [0.5, 0.6) is 5.75 Å². The normalized spacial score (nSPS) is 10.6. The van der Waals surface area contributed by atoms with Crippen LogP contribution in [0.3, 0.4) is 0 Å². The van der Waals surface area contributed by atoms with E-state index in [1.54, 1.807) is 24.3 Å². The average Bonchev–Trinajstić information content (AvgIpc) is 2.97. The molecule has 2 N–H and O–H groups in total. The Bertz CT molecular complexity index is 860. The second kappa shape index (κ2) is 5.50. The van der Waals surface area contributed by atoms with Gasteiger partial charge in [-0.15, -0.1) is 0 Å². The van der Waals surface area contributed by atoms with Crippen molar-refractivity contribution in [2.24, 2.45) is 0 Å². The van der Waals surface area contributed by atoms with Crippen LogP contribution >= 0.6 is 11.6 Å². The molecule has 0 unspecified atom stereocenters. The van der Waals surface area contributed by atoms with Crippen LogP contribution in [-0.4, -0.2) is 26.3 Å². The number of rotatable bonds is 3. The van der Waals surface area contributed by atoms with Gasteiger partial charge in [-0.1, -0.05) is 28.9 Å². The van der Waals surface area contributed by atoms with Crippen molar-refractivity contribution in [3.8, 4) is 28.6 Å². The molecule has 0 atom stereocenters. The fraction of sp³-hybridized carbons (Fsp3) is 0. The van der Waals surface area contributed by atoms with Gasteiger partial charge >= 0.3 is 5.97 Å². The predicted molar refractivity (Wildman–Crippen MR) is 78.8 cm³/mol. The van der Waals surface area contributed by atoms with Crippen LogP contribution in [-0.2, 0) is 0 Å². The molecule has 0 aliphatic carbocycles. The van der Waals surface area contributed by atoms with Gasteiger partial charge in [0.25, 0.3) is 5.89 Å². The van der Waals surface area contributed by atoms with E-state index >= 15 is 0 Å². The summed E-state index contributed by atoms with van der Waals surface area (Å²) in [6, 6.07) is 11.2. The van der Waals surface area contributed by atoms with Crippen molar-refractivity contribution in [1.29, 1.82) is 0 Å². The van der Waals surface area contributed by atoms with E-state index in [4.69, 9.17) is 21.2 Å². The van der Waals surface area contributed by atoms with Crippen LogP contribution in [0.2, 0.25) is 5.02 Å². The third-order valence-corrected chi connectivity index (χ3v) is 3.24. The first-order chi connectivity index (χ1) is 10.6. The highest BCUT2D eigenvalue weighted by atomic mass is 35.5. The number of nitrogens with zero attached hydrogens (tertiary/aromatic N) is 2. The summed E-state index contributed by atoms with van der Waals surface area (Å²) in [6.07, 6.45) is 0. The van der Waals surface area contributed by atoms with Crippen LogP contribution in [0.1, 0.15) is 10.4 Å². The van der Waals surface area contributed by atoms with E-state index in [0.29, 0.717) is 10.6 Å². The van der Waals surface area contributed by atoms with Gasteiger partial charge in [-0.2, -0.15) is 4.98 Å². The van der Waals surface area contributed by atoms with E-state index in [1.807, 2.05) is 0 Å². The zero-order valence-corrected chi connectivity index (χ0v) is 11.8. The predicted octanol–water partition coefficient (Wildman–Crippen LogP) is 3.46. The molecule has 3 aromatic rings. The third-order valence-electron chi connectivity index (χ3n) is 3.00. The molecular weight excluding hydrogens is 308 g/mol. The Hall–Kier alpha value is -2.86. The molecule has 0 bridgehead atoms. The molecule has 0 fully saturated rings. The number of benzene rings is 2. The molecule has 3 rings (SSSR count). The van der Waals surface area contributed by atoms with E-state index in [1.165, 1.54) is 18.2 Å². The first-order valence-corrected chi connectivity index (χ1v) is 6.59. The van der Waals surface area contributed by atoms with Crippen molar-refractivity contribution < 1.29 is 19.5 Å². The Kier molecular flexibility index (Phi) is 3.52. The molecule has 2 aromatic carbocycles. The fourth-order valence-electron chi connectivity index (χ4n) is 1.97. The molecule has 0 saturated carbocycles. The molecule has 1 heterocycles. The van der Waals surface area contributed by atoms with Gasteiger partial charge in [0.15, 0.2) is 0 Å². The SMILES string of the molecule is O=C(O)c1cccc(-c2noc(-c3cccc(Cl)c3)n2)c1O. The van der Waals surface area contributed by atoms with Crippen molar-refractivity contribution in [3.63, 3.8) is 0 Å². The van der Waals surface area contributed by atoms with Gasteiger partial charge < -0.3 is 14.7 Å². The number of hydrogen-bond acceptors (Lipinski definition) is 5. The summed E-state index contributed by atoms with van der Waals surface area (Å²) in [7, 11) is 0. The largest absolute Gasteiger partial charge is 0.506 e. The lowest BCUT2D eigenvalue weighted by molar-refractivity contribution is 0.0694. The smallest absolute Gasteiger partial charge is 0.339 e. The fourth-order valence-corrected chi connectivity index (χ4v) is 2.16. The number of carboxylic acids is 1. The standard InChI is InChI=1S/C15H9ClN2O4/c16-9-4-1-3-8(7-9)14-17-13(18-22-14)10-5-2-6-11(12(10)19)15(20)21/h1-7,19H,(H,20,21). The Balaban J connectivity index is 2.05. The number of para-hydroxylation sites is 1. The summed E-state index contributed by atoms with van der Waals surface area (Å²) >= 11 is 5.90. The maximum absolute atomic E-state index is 11.0. The lowest BCUT2D eigenvalue weighted by Crippen LogP contribution is -1.97. The number of carbonyl (C=O) groups is 1. The maximum atomic E-state index is 11.0. The van der Waals surface area contributed by atoms with Gasteiger partial charge in [-0.05, 0) is 30.3 Å². The molecule has 6 nitrogen and oxygen atoms in total. The second-order valence-corrected chi connectivity index (χ2v) is 4.88. The van der Waals surface area contributed by atoms with E-state index in [9.17, 15) is 9.90 Å². The van der Waals surface area contributed by atoms with Crippen LogP contribution < -0.4 is 0 Å². The van der Waals surface area contributed by atoms with Crippen molar-refractivity contribution in [1.82, 2.24) is 10.1 Å². The summed E-state index contributed by atoms with van der Waals surface area (Å²) in [5.41, 5.74) is 0.573. The van der Waals surface area contributed by atoms with Gasteiger partial charge in [0.05, 0.1) is 5.56 Å². The van der Waals surface area contributed by atoms with Gasteiger partial charge in [0.2, 0.25) is 5.82 Å². The molecule has 0 aliphatic heterocycles. The lowest BCUT2D eigenvalue weighted by Gasteiger charge is -2.02. The molecule has 0 amide bonds. The number of aromatic hydroxyl groups is 1. The Morgan fingerprint density at radius 2 is 1.95 bits per heavy atom. The molecule has 110 valence electrons. The number of carboxylic acid groups (broad SMARTS) is 1. The van der Waals surface area contributed by atoms with Crippen LogP contribution in [0.25, 0.3) is 22.8 Å². The molecule has 7 heteroatoms. The molecule has 0 aliphatic rings. The van der Waals surface area contributed by atoms with Gasteiger partial charge in [-0.25, -0.2) is 4.79 Å². The summed E-state index contributed by atoms with van der Waals surface area (Å²) in [5, 5.41) is 23.3. The highest BCUT2D eigenvalue weighted by molar-refractivity contribution is 6.30. The Morgan fingerprint density at radius 3 is 2.68 bits per heavy atom. The minimum absolute atomic E-state index is 0.0931. The molecular formula is C15H9ClN2O4. The van der Waals surface area contributed by atoms with Crippen molar-refractivity contribution in [3.05, 3.63) is 53.1 Å². The first kappa shape index (κ1) is 14.1. The number of phenols is 1. The zero-order chi connectivity index (χ0) is 15.7. The minimum Gasteiger partial charge on any atom is -0.506 e. The third kappa shape index (κ3) is 2.51.